The Bertz CT molecular complexity index is 484. The molecule has 0 bridgehead atoms. The third-order valence-electron chi connectivity index (χ3n) is 4.91. The average Bonchev–Trinajstić information content (AvgIpc) is 2.64. The van der Waals surface area contributed by atoms with Crippen LogP contribution in [0.15, 0.2) is 24.3 Å². The number of unbranched alkanes of at least 4 members (excludes halogenated alkanes) is 9. The summed E-state index contributed by atoms with van der Waals surface area (Å²) in [6.07, 6.45) is 15.4. The van der Waals surface area contributed by atoms with Crippen molar-refractivity contribution in [2.24, 2.45) is 0 Å². The Morgan fingerprint density at radius 3 is 1.92 bits per heavy atom. The standard InChI is InChI=1S/C23H38O3/c1-3-5-7-9-10-11-13-17-20(16-12-8-6-4-2)26-23(25)21-18-14-15-19-22(21)24/h14-15,18-20,24H,3-13,16-17H2,1-2H3. The molecule has 0 radical (unpaired) electrons. The lowest BCUT2D eigenvalue weighted by Crippen LogP contribution is -2.18. The van der Waals surface area contributed by atoms with Crippen LogP contribution < -0.4 is 0 Å². The summed E-state index contributed by atoms with van der Waals surface area (Å²) in [7, 11) is 0. The number of carbonyl (C=O) groups is 1. The van der Waals surface area contributed by atoms with Crippen LogP contribution >= 0.6 is 0 Å². The van der Waals surface area contributed by atoms with E-state index in [9.17, 15) is 9.90 Å². The molecule has 1 unspecified atom stereocenters. The van der Waals surface area contributed by atoms with Crippen LogP contribution in [0.1, 0.15) is 108 Å². The number of phenols is 1. The summed E-state index contributed by atoms with van der Waals surface area (Å²) in [6.45, 7) is 4.44. The zero-order chi connectivity index (χ0) is 19.0. The van der Waals surface area contributed by atoms with Crippen LogP contribution in [0.2, 0.25) is 0 Å². The van der Waals surface area contributed by atoms with Gasteiger partial charge in [0.25, 0.3) is 0 Å². The van der Waals surface area contributed by atoms with Crippen molar-refractivity contribution in [1.82, 2.24) is 0 Å². The van der Waals surface area contributed by atoms with Crippen LogP contribution in [0.25, 0.3) is 0 Å². The molecule has 0 saturated heterocycles. The molecule has 1 rings (SSSR count). The van der Waals surface area contributed by atoms with Gasteiger partial charge in [-0.2, -0.15) is 0 Å². The lowest BCUT2D eigenvalue weighted by Gasteiger charge is -2.18. The van der Waals surface area contributed by atoms with Crippen molar-refractivity contribution in [3.8, 4) is 5.75 Å². The molecule has 0 aliphatic carbocycles. The first-order valence-corrected chi connectivity index (χ1v) is 10.7. The number of benzene rings is 1. The fourth-order valence-corrected chi connectivity index (χ4v) is 3.25. The van der Waals surface area contributed by atoms with Gasteiger partial charge in [-0.3, -0.25) is 0 Å². The summed E-state index contributed by atoms with van der Waals surface area (Å²) < 4.78 is 5.74. The molecule has 1 atom stereocenters. The number of ether oxygens (including phenoxy) is 1. The molecular weight excluding hydrogens is 324 g/mol. The fourth-order valence-electron chi connectivity index (χ4n) is 3.25. The van der Waals surface area contributed by atoms with Crippen LogP contribution in [0.5, 0.6) is 5.75 Å². The van der Waals surface area contributed by atoms with Gasteiger partial charge < -0.3 is 9.84 Å². The third-order valence-corrected chi connectivity index (χ3v) is 4.91. The topological polar surface area (TPSA) is 46.5 Å². The Kier molecular flexibility index (Phi) is 12.7. The smallest absolute Gasteiger partial charge is 0.342 e. The van der Waals surface area contributed by atoms with Gasteiger partial charge >= 0.3 is 5.97 Å². The van der Waals surface area contributed by atoms with Crippen LogP contribution in [0.3, 0.4) is 0 Å². The van der Waals surface area contributed by atoms with Crippen molar-refractivity contribution >= 4 is 5.97 Å². The highest BCUT2D eigenvalue weighted by molar-refractivity contribution is 5.92. The molecule has 0 aliphatic rings. The number of carbonyl (C=O) groups excluding carboxylic acids is 1. The fraction of sp³-hybridized carbons (Fsp3) is 0.696. The quantitative estimate of drug-likeness (QED) is 0.269. The van der Waals surface area contributed by atoms with E-state index >= 15 is 0 Å². The molecule has 0 heterocycles. The predicted octanol–water partition coefficient (Wildman–Crippen LogP) is 7.03. The molecule has 0 aliphatic heterocycles. The second kappa shape index (κ2) is 14.6. The largest absolute Gasteiger partial charge is 0.507 e. The van der Waals surface area contributed by atoms with E-state index in [-0.39, 0.29) is 17.4 Å². The summed E-state index contributed by atoms with van der Waals surface area (Å²) in [4.78, 5) is 12.4. The lowest BCUT2D eigenvalue weighted by atomic mass is 10.0. The summed E-state index contributed by atoms with van der Waals surface area (Å²) in [5.74, 6) is -0.398. The summed E-state index contributed by atoms with van der Waals surface area (Å²) in [5, 5.41) is 9.86. The maximum atomic E-state index is 12.4. The molecule has 0 aromatic heterocycles. The second-order valence-corrected chi connectivity index (χ2v) is 7.30. The van der Waals surface area contributed by atoms with Gasteiger partial charge in [-0.15, -0.1) is 0 Å². The third kappa shape index (κ3) is 9.84. The van der Waals surface area contributed by atoms with Crippen molar-refractivity contribution < 1.29 is 14.6 Å². The first-order chi connectivity index (χ1) is 12.7. The molecule has 3 heteroatoms. The molecule has 148 valence electrons. The van der Waals surface area contributed by atoms with Crippen molar-refractivity contribution in [3.63, 3.8) is 0 Å². The van der Waals surface area contributed by atoms with E-state index in [0.29, 0.717) is 0 Å². The summed E-state index contributed by atoms with van der Waals surface area (Å²) in [5.41, 5.74) is 0.269. The van der Waals surface area contributed by atoms with Crippen LogP contribution in [0, 0.1) is 0 Å². The Hall–Kier alpha value is -1.51. The maximum Gasteiger partial charge on any atom is 0.342 e. The van der Waals surface area contributed by atoms with Crippen molar-refractivity contribution in [2.45, 2.75) is 103 Å². The molecule has 0 saturated carbocycles. The number of esters is 1. The zero-order valence-electron chi connectivity index (χ0n) is 16.8. The minimum atomic E-state index is -0.397. The minimum Gasteiger partial charge on any atom is -0.507 e. The van der Waals surface area contributed by atoms with Crippen LogP contribution in [0.4, 0.5) is 0 Å². The molecule has 1 N–H and O–H groups in total. The van der Waals surface area contributed by atoms with Crippen LogP contribution in [-0.4, -0.2) is 17.2 Å². The highest BCUT2D eigenvalue weighted by Crippen LogP contribution is 2.21. The Balaban J connectivity index is 2.42. The van der Waals surface area contributed by atoms with E-state index in [1.807, 2.05) is 0 Å². The number of aromatic hydroxyl groups is 1. The van der Waals surface area contributed by atoms with Crippen molar-refractivity contribution in [2.75, 3.05) is 0 Å². The highest BCUT2D eigenvalue weighted by atomic mass is 16.5. The number of hydrogen-bond acceptors (Lipinski definition) is 3. The molecule has 3 nitrogen and oxygen atoms in total. The van der Waals surface area contributed by atoms with E-state index in [1.165, 1.54) is 63.9 Å². The highest BCUT2D eigenvalue weighted by Gasteiger charge is 2.18. The van der Waals surface area contributed by atoms with E-state index in [0.717, 1.165) is 25.7 Å². The van der Waals surface area contributed by atoms with Gasteiger partial charge in [0.15, 0.2) is 0 Å². The molecule has 0 spiro atoms. The summed E-state index contributed by atoms with van der Waals surface area (Å²) in [6, 6.07) is 6.62. The number of phenolic OH excluding ortho intramolecular Hbond substituents is 1. The average molecular weight is 363 g/mol. The van der Waals surface area contributed by atoms with Crippen molar-refractivity contribution in [1.29, 1.82) is 0 Å². The van der Waals surface area contributed by atoms with Crippen molar-refractivity contribution in [3.05, 3.63) is 29.8 Å². The monoisotopic (exact) mass is 362 g/mol. The molecule has 0 fully saturated rings. The van der Waals surface area contributed by atoms with Gasteiger partial charge in [-0.05, 0) is 37.8 Å². The maximum absolute atomic E-state index is 12.4. The Morgan fingerprint density at radius 1 is 0.846 bits per heavy atom. The first-order valence-electron chi connectivity index (χ1n) is 10.7. The molecule has 1 aromatic rings. The lowest BCUT2D eigenvalue weighted by molar-refractivity contribution is 0.0246. The number of rotatable bonds is 15. The van der Waals surface area contributed by atoms with Gasteiger partial charge in [-0.1, -0.05) is 83.8 Å². The van der Waals surface area contributed by atoms with Gasteiger partial charge in [-0.25, -0.2) is 4.79 Å². The molecule has 1 aromatic carbocycles. The van der Waals surface area contributed by atoms with Gasteiger partial charge in [0.2, 0.25) is 0 Å². The van der Waals surface area contributed by atoms with E-state index in [2.05, 4.69) is 13.8 Å². The van der Waals surface area contributed by atoms with Gasteiger partial charge in [0.05, 0.1) is 0 Å². The van der Waals surface area contributed by atoms with E-state index in [4.69, 9.17) is 4.74 Å². The predicted molar refractivity (Wildman–Crippen MR) is 109 cm³/mol. The van der Waals surface area contributed by atoms with Gasteiger partial charge in [0, 0.05) is 0 Å². The van der Waals surface area contributed by atoms with Gasteiger partial charge in [0.1, 0.15) is 17.4 Å². The molecule has 0 amide bonds. The number of hydrogen-bond donors (Lipinski definition) is 1. The Labute approximate surface area is 160 Å². The first kappa shape index (κ1) is 22.5. The number of para-hydroxylation sites is 1. The van der Waals surface area contributed by atoms with E-state index < -0.39 is 5.97 Å². The normalized spacial score (nSPS) is 12.1. The SMILES string of the molecule is CCCCCCCCCC(CCCCCC)OC(=O)c1ccccc1O. The summed E-state index contributed by atoms with van der Waals surface area (Å²) >= 11 is 0. The van der Waals surface area contributed by atoms with Crippen LogP contribution in [-0.2, 0) is 4.74 Å². The minimum absolute atomic E-state index is 0.00171. The second-order valence-electron chi connectivity index (χ2n) is 7.30. The van der Waals surface area contributed by atoms with E-state index in [1.54, 1.807) is 18.2 Å². The molecule has 26 heavy (non-hydrogen) atoms. The zero-order valence-corrected chi connectivity index (χ0v) is 16.8. The Morgan fingerprint density at radius 2 is 1.35 bits per heavy atom. The molecular formula is C23H38O3.